The molecule has 1 unspecified atom stereocenters. The molecule has 0 spiro atoms. The van der Waals surface area contributed by atoms with E-state index in [1.165, 1.54) is 46.6 Å². The van der Waals surface area contributed by atoms with Crippen molar-refractivity contribution < 1.29 is 0 Å². The van der Waals surface area contributed by atoms with Crippen molar-refractivity contribution in [3.8, 4) is 0 Å². The summed E-state index contributed by atoms with van der Waals surface area (Å²) in [6.45, 7) is 10.1. The summed E-state index contributed by atoms with van der Waals surface area (Å²) in [5.74, 6) is 1.89. The summed E-state index contributed by atoms with van der Waals surface area (Å²) >= 11 is 2.08. The molecule has 0 radical (unpaired) electrons. The van der Waals surface area contributed by atoms with Gasteiger partial charge in [0.2, 0.25) is 0 Å². The first kappa shape index (κ1) is 16.1. The molecule has 128 valence electrons. The van der Waals surface area contributed by atoms with Crippen molar-refractivity contribution in [2.75, 3.05) is 11.9 Å². The molecule has 1 aromatic carbocycles. The quantitative estimate of drug-likeness (QED) is 0.839. The molecular weight excluding hydrogens is 314 g/mol. The van der Waals surface area contributed by atoms with E-state index in [1.54, 1.807) is 0 Å². The van der Waals surface area contributed by atoms with E-state index in [0.717, 1.165) is 6.54 Å². The van der Waals surface area contributed by atoms with Crippen LogP contribution in [0.2, 0.25) is 0 Å². The van der Waals surface area contributed by atoms with Crippen LogP contribution >= 0.6 is 11.8 Å². The molecule has 1 aliphatic carbocycles. The van der Waals surface area contributed by atoms with Crippen LogP contribution in [0.5, 0.6) is 0 Å². The maximum absolute atomic E-state index is 4.91. The Morgan fingerprint density at radius 2 is 2.00 bits per heavy atom. The standard InChI is InChI=1S/C20H27N3S/c1-12-6-7-13(2)15(10-12)18-16-17(14-8-9-14)22-23(5)19(16)21-11-20(3,4)24-18/h6-7,10,14,18,21H,8-9,11H2,1-5H3. The maximum Gasteiger partial charge on any atom is 0.128 e. The topological polar surface area (TPSA) is 29.9 Å². The number of hydrogen-bond acceptors (Lipinski definition) is 3. The molecule has 1 fully saturated rings. The van der Waals surface area contributed by atoms with E-state index in [2.05, 4.69) is 74.7 Å². The Hall–Kier alpha value is -1.42. The van der Waals surface area contributed by atoms with Gasteiger partial charge >= 0.3 is 0 Å². The molecule has 2 aliphatic rings. The Kier molecular flexibility index (Phi) is 3.72. The van der Waals surface area contributed by atoms with Crippen LogP contribution in [0, 0.1) is 13.8 Å². The fraction of sp³-hybridized carbons (Fsp3) is 0.550. The number of benzene rings is 1. The first-order chi connectivity index (χ1) is 11.4. The Bertz CT molecular complexity index is 786. The van der Waals surface area contributed by atoms with Gasteiger partial charge in [-0.15, -0.1) is 11.8 Å². The van der Waals surface area contributed by atoms with Crippen molar-refractivity contribution in [1.82, 2.24) is 9.78 Å². The van der Waals surface area contributed by atoms with Crippen LogP contribution < -0.4 is 5.32 Å². The van der Waals surface area contributed by atoms with Crippen LogP contribution in [0.15, 0.2) is 18.2 Å². The van der Waals surface area contributed by atoms with E-state index in [0.29, 0.717) is 11.2 Å². The minimum Gasteiger partial charge on any atom is -0.369 e. The van der Waals surface area contributed by atoms with Gasteiger partial charge in [-0.1, -0.05) is 23.8 Å². The zero-order valence-corrected chi connectivity index (χ0v) is 16.1. The second-order valence-electron chi connectivity index (χ2n) is 8.02. The molecule has 4 heteroatoms. The highest BCUT2D eigenvalue weighted by atomic mass is 32.2. The molecule has 4 rings (SSSR count). The zero-order chi connectivity index (χ0) is 17.1. The molecule has 1 N–H and O–H groups in total. The van der Waals surface area contributed by atoms with Crippen molar-refractivity contribution in [2.24, 2.45) is 7.05 Å². The van der Waals surface area contributed by atoms with E-state index in [4.69, 9.17) is 5.10 Å². The summed E-state index contributed by atoms with van der Waals surface area (Å²) in [5.41, 5.74) is 6.94. The molecule has 1 saturated carbocycles. The third kappa shape index (κ3) is 2.75. The number of anilines is 1. The number of nitrogens with zero attached hydrogens (tertiary/aromatic N) is 2. The Labute approximate surface area is 149 Å². The summed E-state index contributed by atoms with van der Waals surface area (Å²) in [6, 6.07) is 6.86. The van der Waals surface area contributed by atoms with Crippen LogP contribution in [-0.2, 0) is 7.05 Å². The normalized spacial score (nSPS) is 22.6. The predicted molar refractivity (Wildman–Crippen MR) is 103 cm³/mol. The van der Waals surface area contributed by atoms with Crippen molar-refractivity contribution in [3.05, 3.63) is 46.1 Å². The highest BCUT2D eigenvalue weighted by Crippen LogP contribution is 2.53. The molecule has 0 bridgehead atoms. The van der Waals surface area contributed by atoms with Gasteiger partial charge in [0, 0.05) is 29.8 Å². The average Bonchev–Trinajstić information content (AvgIpc) is 3.31. The summed E-state index contributed by atoms with van der Waals surface area (Å²) in [6.07, 6.45) is 2.58. The van der Waals surface area contributed by atoms with Crippen LogP contribution in [-0.4, -0.2) is 21.1 Å². The number of fused-ring (bicyclic) bond motifs is 1. The highest BCUT2D eigenvalue weighted by molar-refractivity contribution is 8.01. The van der Waals surface area contributed by atoms with Crippen LogP contribution in [0.1, 0.15) is 65.8 Å². The van der Waals surface area contributed by atoms with Crippen molar-refractivity contribution in [2.45, 2.75) is 56.5 Å². The van der Waals surface area contributed by atoms with Gasteiger partial charge in [0.1, 0.15) is 5.82 Å². The first-order valence-electron chi connectivity index (χ1n) is 8.91. The van der Waals surface area contributed by atoms with E-state index in [1.807, 2.05) is 0 Å². The zero-order valence-electron chi connectivity index (χ0n) is 15.3. The molecule has 24 heavy (non-hydrogen) atoms. The summed E-state index contributed by atoms with van der Waals surface area (Å²) in [7, 11) is 2.08. The third-order valence-corrected chi connectivity index (χ3v) is 6.68. The molecule has 1 atom stereocenters. The molecule has 0 amide bonds. The van der Waals surface area contributed by atoms with Crippen molar-refractivity contribution in [3.63, 3.8) is 0 Å². The predicted octanol–water partition coefficient (Wildman–Crippen LogP) is 4.94. The fourth-order valence-corrected chi connectivity index (χ4v) is 5.19. The summed E-state index contributed by atoms with van der Waals surface area (Å²) in [5, 5.41) is 8.97. The smallest absolute Gasteiger partial charge is 0.128 e. The lowest BCUT2D eigenvalue weighted by molar-refractivity contribution is 0.715. The first-order valence-corrected chi connectivity index (χ1v) is 9.79. The second-order valence-corrected chi connectivity index (χ2v) is 9.83. The van der Waals surface area contributed by atoms with Gasteiger partial charge in [-0.3, -0.25) is 4.68 Å². The lowest BCUT2D eigenvalue weighted by atomic mass is 9.96. The molecule has 0 saturated heterocycles. The molecular formula is C20H27N3S. The van der Waals surface area contributed by atoms with Gasteiger partial charge in [-0.05, 0) is 51.7 Å². The van der Waals surface area contributed by atoms with E-state index >= 15 is 0 Å². The van der Waals surface area contributed by atoms with E-state index in [-0.39, 0.29) is 4.75 Å². The molecule has 3 nitrogen and oxygen atoms in total. The number of nitrogens with one attached hydrogen (secondary N) is 1. The largest absolute Gasteiger partial charge is 0.369 e. The molecule has 1 aliphatic heterocycles. The Morgan fingerprint density at radius 1 is 1.25 bits per heavy atom. The minimum atomic E-state index is 0.181. The van der Waals surface area contributed by atoms with E-state index < -0.39 is 0 Å². The summed E-state index contributed by atoms with van der Waals surface area (Å²) < 4.78 is 2.25. The van der Waals surface area contributed by atoms with Gasteiger partial charge < -0.3 is 5.32 Å². The van der Waals surface area contributed by atoms with Gasteiger partial charge in [0.15, 0.2) is 0 Å². The summed E-state index contributed by atoms with van der Waals surface area (Å²) in [4.78, 5) is 0. The van der Waals surface area contributed by atoms with Gasteiger partial charge in [0.05, 0.1) is 10.9 Å². The van der Waals surface area contributed by atoms with Crippen LogP contribution in [0.4, 0.5) is 5.82 Å². The minimum absolute atomic E-state index is 0.181. The molecule has 2 heterocycles. The number of aryl methyl sites for hydroxylation is 3. The lowest BCUT2D eigenvalue weighted by Gasteiger charge is -2.27. The number of thioether (sulfide) groups is 1. The number of rotatable bonds is 2. The highest BCUT2D eigenvalue weighted by Gasteiger charge is 2.39. The fourth-order valence-electron chi connectivity index (χ4n) is 3.67. The van der Waals surface area contributed by atoms with Gasteiger partial charge in [0.25, 0.3) is 0 Å². The van der Waals surface area contributed by atoms with E-state index in [9.17, 15) is 0 Å². The molecule has 2 aromatic rings. The third-order valence-electron chi connectivity index (χ3n) is 5.17. The monoisotopic (exact) mass is 341 g/mol. The van der Waals surface area contributed by atoms with Gasteiger partial charge in [-0.25, -0.2) is 0 Å². The van der Waals surface area contributed by atoms with Crippen molar-refractivity contribution >= 4 is 17.6 Å². The average molecular weight is 342 g/mol. The van der Waals surface area contributed by atoms with Crippen LogP contribution in [0.3, 0.4) is 0 Å². The number of hydrogen-bond donors (Lipinski definition) is 1. The van der Waals surface area contributed by atoms with Crippen molar-refractivity contribution in [1.29, 1.82) is 0 Å². The number of aromatic nitrogens is 2. The van der Waals surface area contributed by atoms with Crippen LogP contribution in [0.25, 0.3) is 0 Å². The maximum atomic E-state index is 4.91. The second kappa shape index (κ2) is 5.55. The lowest BCUT2D eigenvalue weighted by Crippen LogP contribution is -2.26. The SMILES string of the molecule is Cc1ccc(C)c(C2SC(C)(C)CNc3c2c(C2CC2)nn3C)c1. The Morgan fingerprint density at radius 3 is 2.71 bits per heavy atom. The Balaban J connectivity index is 1.92. The molecule has 1 aromatic heterocycles. The van der Waals surface area contributed by atoms with Gasteiger partial charge in [-0.2, -0.15) is 5.10 Å².